The van der Waals surface area contributed by atoms with Gasteiger partial charge >= 0.3 is 6.03 Å². The van der Waals surface area contributed by atoms with Crippen LogP contribution in [0, 0.1) is 13.8 Å². The summed E-state index contributed by atoms with van der Waals surface area (Å²) in [5.74, 6) is 0.661. The molecule has 3 aromatic rings. The summed E-state index contributed by atoms with van der Waals surface area (Å²) < 4.78 is 3.36. The quantitative estimate of drug-likeness (QED) is 0.697. The van der Waals surface area contributed by atoms with E-state index in [2.05, 4.69) is 15.3 Å². The van der Waals surface area contributed by atoms with Gasteiger partial charge in [-0.1, -0.05) is 25.1 Å². The van der Waals surface area contributed by atoms with Gasteiger partial charge in [-0.15, -0.1) is 0 Å². The smallest absolute Gasteiger partial charge is 0.321 e. The summed E-state index contributed by atoms with van der Waals surface area (Å²) in [5, 5.41) is 7.38. The normalized spacial score (nSPS) is 14.3. The first kappa shape index (κ1) is 20.9. The van der Waals surface area contributed by atoms with Crippen molar-refractivity contribution in [2.24, 2.45) is 7.05 Å². The van der Waals surface area contributed by atoms with Crippen molar-refractivity contribution in [1.82, 2.24) is 24.2 Å². The molecule has 31 heavy (non-hydrogen) atoms. The molecule has 0 saturated carbocycles. The average Bonchev–Trinajstić information content (AvgIpc) is 3.05. The molecule has 2 amide bonds. The van der Waals surface area contributed by atoms with Crippen LogP contribution in [0.5, 0.6) is 0 Å². The lowest BCUT2D eigenvalue weighted by Gasteiger charge is -2.36. The van der Waals surface area contributed by atoms with Gasteiger partial charge in [0.1, 0.15) is 5.52 Å². The summed E-state index contributed by atoms with van der Waals surface area (Å²) >= 11 is 0. The Bertz CT molecular complexity index is 1170. The maximum atomic E-state index is 13.2. The molecule has 0 bridgehead atoms. The summed E-state index contributed by atoms with van der Waals surface area (Å²) in [5.41, 5.74) is 3.72. The number of fused-ring (bicyclic) bond motifs is 1. The average molecular weight is 424 g/mol. The maximum absolute atomic E-state index is 13.2. The number of aryl methyl sites for hydroxylation is 3. The number of hydrogen-bond acceptors (Lipinski definition) is 5. The van der Waals surface area contributed by atoms with Gasteiger partial charge in [-0.2, -0.15) is 5.10 Å². The number of anilines is 2. The van der Waals surface area contributed by atoms with Crippen LogP contribution in [0.1, 0.15) is 24.6 Å². The highest BCUT2D eigenvalue weighted by molar-refractivity contribution is 5.90. The zero-order valence-corrected chi connectivity index (χ0v) is 18.6. The van der Waals surface area contributed by atoms with Gasteiger partial charge in [0.05, 0.1) is 5.69 Å². The van der Waals surface area contributed by atoms with E-state index in [0.717, 1.165) is 23.4 Å². The number of rotatable bonds is 4. The van der Waals surface area contributed by atoms with E-state index in [4.69, 9.17) is 4.98 Å². The molecule has 0 atom stereocenters. The fraction of sp³-hybridized carbons (Fsp3) is 0.455. The van der Waals surface area contributed by atoms with Crippen LogP contribution >= 0.6 is 0 Å². The van der Waals surface area contributed by atoms with E-state index in [-0.39, 0.29) is 11.6 Å². The predicted octanol–water partition coefficient (Wildman–Crippen LogP) is 2.51. The largest absolute Gasteiger partial charge is 0.339 e. The number of para-hydroxylation sites is 1. The number of hydrogen-bond donors (Lipinski definition) is 1. The van der Waals surface area contributed by atoms with Crippen LogP contribution < -0.4 is 15.8 Å². The zero-order valence-electron chi connectivity index (χ0n) is 18.6. The highest BCUT2D eigenvalue weighted by Gasteiger charge is 2.26. The van der Waals surface area contributed by atoms with E-state index in [9.17, 15) is 9.59 Å². The Kier molecular flexibility index (Phi) is 5.67. The van der Waals surface area contributed by atoms with E-state index in [1.165, 1.54) is 0 Å². The lowest BCUT2D eigenvalue weighted by atomic mass is 10.2. The van der Waals surface area contributed by atoms with Gasteiger partial charge in [0.15, 0.2) is 5.52 Å². The second-order valence-corrected chi connectivity index (χ2v) is 7.99. The molecule has 1 fully saturated rings. The number of benzene rings is 1. The minimum Gasteiger partial charge on any atom is -0.339 e. The number of urea groups is 1. The van der Waals surface area contributed by atoms with E-state index in [0.29, 0.717) is 49.7 Å². The maximum Gasteiger partial charge on any atom is 0.321 e. The molecule has 2 aromatic heterocycles. The van der Waals surface area contributed by atoms with Crippen LogP contribution in [-0.2, 0) is 13.6 Å². The molecule has 0 radical (unpaired) electrons. The zero-order chi connectivity index (χ0) is 22.1. The first-order chi connectivity index (χ1) is 14.9. The van der Waals surface area contributed by atoms with E-state index < -0.39 is 0 Å². The van der Waals surface area contributed by atoms with Crippen LogP contribution in [0.15, 0.2) is 29.1 Å². The monoisotopic (exact) mass is 423 g/mol. The van der Waals surface area contributed by atoms with Crippen LogP contribution in [0.3, 0.4) is 0 Å². The van der Waals surface area contributed by atoms with Gasteiger partial charge < -0.3 is 15.1 Å². The number of carbonyl (C=O) groups is 1. The van der Waals surface area contributed by atoms with Gasteiger partial charge in [-0.25, -0.2) is 9.78 Å². The Hall–Kier alpha value is -3.36. The Labute approximate surface area is 181 Å². The third-order valence-electron chi connectivity index (χ3n) is 5.78. The van der Waals surface area contributed by atoms with Crippen molar-refractivity contribution in [1.29, 1.82) is 0 Å². The minimum atomic E-state index is -0.105. The molecule has 9 nitrogen and oxygen atoms in total. The number of nitrogens with zero attached hydrogens (tertiary/aromatic N) is 6. The molecule has 1 N–H and O–H groups in total. The van der Waals surface area contributed by atoms with Gasteiger partial charge in [-0.05, 0) is 31.9 Å². The highest BCUT2D eigenvalue weighted by atomic mass is 16.2. The van der Waals surface area contributed by atoms with Gasteiger partial charge in [0.25, 0.3) is 5.56 Å². The molecular formula is C22H29N7O2. The number of piperazine rings is 1. The van der Waals surface area contributed by atoms with Crippen LogP contribution in [0.4, 0.5) is 16.4 Å². The summed E-state index contributed by atoms with van der Waals surface area (Å²) in [6.07, 6.45) is 0.829. The second-order valence-electron chi connectivity index (χ2n) is 7.99. The fourth-order valence-electron chi connectivity index (χ4n) is 4.08. The number of carbonyl (C=O) groups excluding carboxylic acids is 1. The molecule has 4 rings (SSSR count). The second kappa shape index (κ2) is 8.41. The van der Waals surface area contributed by atoms with Crippen LogP contribution in [0.2, 0.25) is 0 Å². The Morgan fingerprint density at radius 3 is 2.52 bits per heavy atom. The topological polar surface area (TPSA) is 88.3 Å². The number of aromatic nitrogens is 4. The van der Waals surface area contributed by atoms with Crippen molar-refractivity contribution in [3.8, 4) is 0 Å². The van der Waals surface area contributed by atoms with E-state index in [1.807, 2.05) is 45.0 Å². The lowest BCUT2D eigenvalue weighted by molar-refractivity contribution is 0.207. The van der Waals surface area contributed by atoms with Crippen molar-refractivity contribution in [2.45, 2.75) is 33.7 Å². The van der Waals surface area contributed by atoms with Crippen molar-refractivity contribution in [3.63, 3.8) is 0 Å². The fourth-order valence-corrected chi connectivity index (χ4v) is 4.08. The summed E-state index contributed by atoms with van der Waals surface area (Å²) in [6.45, 7) is 8.83. The van der Waals surface area contributed by atoms with Crippen LogP contribution in [-0.4, -0.2) is 56.4 Å². The molecule has 0 unspecified atom stereocenters. The SMILES string of the molecule is CCCn1c(N2CCN(C(=O)Nc3ccccc3C)CC2)nc2c(C)nn(C)c2c1=O. The Balaban J connectivity index is 1.55. The molecule has 1 aliphatic heterocycles. The number of nitrogens with one attached hydrogen (secondary N) is 1. The molecule has 1 aliphatic rings. The molecule has 3 heterocycles. The van der Waals surface area contributed by atoms with E-state index >= 15 is 0 Å². The molecule has 0 aliphatic carbocycles. The van der Waals surface area contributed by atoms with Gasteiger partial charge in [0, 0.05) is 45.5 Å². The molecular weight excluding hydrogens is 394 g/mol. The predicted molar refractivity (Wildman–Crippen MR) is 122 cm³/mol. The van der Waals surface area contributed by atoms with Crippen molar-refractivity contribution in [3.05, 3.63) is 45.9 Å². The van der Waals surface area contributed by atoms with E-state index in [1.54, 1.807) is 21.2 Å². The molecule has 164 valence electrons. The number of amides is 2. The molecule has 0 spiro atoms. The van der Waals surface area contributed by atoms with Crippen molar-refractivity contribution in [2.75, 3.05) is 36.4 Å². The lowest BCUT2D eigenvalue weighted by Crippen LogP contribution is -2.51. The summed E-state index contributed by atoms with van der Waals surface area (Å²) in [4.78, 5) is 34.6. The first-order valence-corrected chi connectivity index (χ1v) is 10.7. The van der Waals surface area contributed by atoms with Crippen molar-refractivity contribution >= 4 is 28.7 Å². The molecule has 1 aromatic carbocycles. The third-order valence-corrected chi connectivity index (χ3v) is 5.78. The minimum absolute atomic E-state index is 0.0651. The first-order valence-electron chi connectivity index (χ1n) is 10.7. The van der Waals surface area contributed by atoms with Gasteiger partial charge in [-0.3, -0.25) is 14.0 Å². The summed E-state index contributed by atoms with van der Waals surface area (Å²) in [6, 6.07) is 7.64. The molecule has 1 saturated heterocycles. The third kappa shape index (κ3) is 3.87. The van der Waals surface area contributed by atoms with Crippen LogP contribution in [0.25, 0.3) is 11.0 Å². The summed E-state index contributed by atoms with van der Waals surface area (Å²) in [7, 11) is 1.78. The standard InChI is InChI=1S/C22H29N7O2/c1-5-10-29-20(30)19-18(16(3)25-26(19)4)24-21(29)27-11-13-28(14-12-27)22(31)23-17-9-7-6-8-15(17)2/h6-9H,5,10-14H2,1-4H3,(H,23,31). The Morgan fingerprint density at radius 1 is 1.13 bits per heavy atom. The van der Waals surface area contributed by atoms with Crippen molar-refractivity contribution < 1.29 is 4.79 Å². The van der Waals surface area contributed by atoms with Gasteiger partial charge in [0.2, 0.25) is 5.95 Å². The Morgan fingerprint density at radius 2 is 1.84 bits per heavy atom. The molecule has 9 heteroatoms. The highest BCUT2D eigenvalue weighted by Crippen LogP contribution is 2.20.